The predicted octanol–water partition coefficient (Wildman–Crippen LogP) is 6.22. The molecule has 2 aromatic carbocycles. The van der Waals surface area contributed by atoms with Gasteiger partial charge in [-0.15, -0.1) is 0 Å². The lowest BCUT2D eigenvalue weighted by Crippen LogP contribution is -2.67. The third-order valence-corrected chi connectivity index (χ3v) is 12.1. The molecule has 0 bridgehead atoms. The molecule has 1 unspecified atom stereocenters. The highest BCUT2D eigenvalue weighted by atomic mass is 28.4. The van der Waals surface area contributed by atoms with E-state index in [9.17, 15) is 4.79 Å². The smallest absolute Gasteiger partial charge is 0.411 e. The molecular weight excluding hydrogens is 462 g/mol. The summed E-state index contributed by atoms with van der Waals surface area (Å²) in [7, 11) is -2.70. The van der Waals surface area contributed by atoms with Gasteiger partial charge in [0.2, 0.25) is 0 Å². The van der Waals surface area contributed by atoms with Crippen molar-refractivity contribution in [2.24, 2.45) is 0 Å². The Hall–Kier alpha value is -2.63. The fourth-order valence-electron chi connectivity index (χ4n) is 5.48. The summed E-state index contributed by atoms with van der Waals surface area (Å²) >= 11 is 0. The summed E-state index contributed by atoms with van der Waals surface area (Å²) in [4.78, 5) is 15.2. The molecule has 0 aromatic heterocycles. The Kier molecular flexibility index (Phi) is 7.63. The molecule has 0 radical (unpaired) electrons. The summed E-state index contributed by atoms with van der Waals surface area (Å²) in [5.74, 6) is 0. The van der Waals surface area contributed by atoms with Crippen molar-refractivity contribution in [1.82, 2.24) is 4.90 Å². The molecule has 5 heteroatoms. The van der Waals surface area contributed by atoms with Crippen LogP contribution in [0.25, 0.3) is 0 Å². The average Bonchev–Trinajstić information content (AvgIpc) is 3.49. The second-order valence-electron chi connectivity index (χ2n) is 12.0. The third-order valence-electron chi connectivity index (χ3n) is 7.10. The number of ether oxygens (including phenoxy) is 1. The van der Waals surface area contributed by atoms with Gasteiger partial charge >= 0.3 is 6.09 Å². The van der Waals surface area contributed by atoms with E-state index in [1.807, 2.05) is 25.7 Å². The predicted molar refractivity (Wildman–Crippen MR) is 150 cm³/mol. The van der Waals surface area contributed by atoms with E-state index in [0.29, 0.717) is 13.2 Å². The van der Waals surface area contributed by atoms with Crippen molar-refractivity contribution in [1.29, 1.82) is 0 Å². The summed E-state index contributed by atoms with van der Waals surface area (Å²) in [5.41, 5.74) is 2.07. The molecule has 1 atom stereocenters. The van der Waals surface area contributed by atoms with Crippen molar-refractivity contribution >= 4 is 24.8 Å². The molecule has 2 aromatic rings. The zero-order valence-corrected chi connectivity index (χ0v) is 23.7. The Bertz CT molecular complexity index is 1070. The fourth-order valence-corrected chi connectivity index (χ4v) is 10.1. The van der Waals surface area contributed by atoms with Gasteiger partial charge in [-0.25, -0.2) is 4.79 Å². The van der Waals surface area contributed by atoms with Gasteiger partial charge in [0.25, 0.3) is 8.32 Å². The van der Waals surface area contributed by atoms with E-state index < -0.39 is 13.9 Å². The molecule has 192 valence electrons. The lowest BCUT2D eigenvalue weighted by Gasteiger charge is -2.44. The van der Waals surface area contributed by atoms with Gasteiger partial charge in [-0.2, -0.15) is 0 Å². The van der Waals surface area contributed by atoms with Crippen LogP contribution in [0, 0.1) is 0 Å². The van der Waals surface area contributed by atoms with Crippen LogP contribution in [0.15, 0.2) is 84.0 Å². The van der Waals surface area contributed by atoms with E-state index in [4.69, 9.17) is 9.16 Å². The molecule has 1 amide bonds. The maximum atomic E-state index is 13.3. The van der Waals surface area contributed by atoms with E-state index in [-0.39, 0.29) is 17.2 Å². The largest absolute Gasteiger partial charge is 0.444 e. The van der Waals surface area contributed by atoms with E-state index in [2.05, 4.69) is 93.6 Å². The zero-order chi connectivity index (χ0) is 26.0. The highest BCUT2D eigenvalue weighted by molar-refractivity contribution is 6.99. The minimum atomic E-state index is -2.70. The molecule has 4 rings (SSSR count). The van der Waals surface area contributed by atoms with Gasteiger partial charge in [-0.1, -0.05) is 93.6 Å². The lowest BCUT2D eigenvalue weighted by atomic mass is 10.1. The minimum absolute atomic E-state index is 0.119. The standard InChI is InChI=1S/C31H41NO3Si/c1-30(2,3)35-29(33)32-22-25(24-15-13-14-16-24)21-26(32)23-34-36(31(4,5)6,27-17-9-7-10-18-27)28-19-11-8-12-20-28/h7-12,15,17-21,26H,13-14,16,22-23H2,1-6H3. The fraction of sp³-hybridized carbons (Fsp3) is 0.452. The Morgan fingerprint density at radius 3 is 1.97 bits per heavy atom. The van der Waals surface area contributed by atoms with Crippen molar-refractivity contribution in [3.63, 3.8) is 0 Å². The Balaban J connectivity index is 1.71. The Labute approximate surface area is 218 Å². The number of hydrogen-bond donors (Lipinski definition) is 0. The van der Waals surface area contributed by atoms with Crippen LogP contribution in [0.1, 0.15) is 60.8 Å². The molecule has 0 N–H and O–H groups in total. The first-order valence-electron chi connectivity index (χ1n) is 13.2. The molecular formula is C31H41NO3Si. The van der Waals surface area contributed by atoms with Crippen molar-refractivity contribution in [2.75, 3.05) is 13.2 Å². The van der Waals surface area contributed by atoms with Gasteiger partial charge in [0.05, 0.1) is 12.6 Å². The van der Waals surface area contributed by atoms with Crippen LogP contribution in [0.2, 0.25) is 5.04 Å². The first kappa shape index (κ1) is 26.4. The molecule has 2 aliphatic rings. The quantitative estimate of drug-likeness (QED) is 0.439. The van der Waals surface area contributed by atoms with Gasteiger partial charge in [0.1, 0.15) is 5.60 Å². The first-order valence-corrected chi connectivity index (χ1v) is 15.1. The van der Waals surface area contributed by atoms with Crippen molar-refractivity contribution in [3.8, 4) is 0 Å². The highest BCUT2D eigenvalue weighted by Crippen LogP contribution is 2.38. The van der Waals surface area contributed by atoms with E-state index in [1.165, 1.54) is 27.9 Å². The SMILES string of the molecule is CC(C)(C)OC(=O)N1CC(C2=CCCC2)=CC1CO[Si](c1ccccc1)(c1ccccc1)C(C)(C)C. The van der Waals surface area contributed by atoms with Gasteiger partial charge in [-0.05, 0) is 66.6 Å². The van der Waals surface area contributed by atoms with Crippen molar-refractivity contribution < 1.29 is 14.0 Å². The van der Waals surface area contributed by atoms with Crippen LogP contribution in [0.3, 0.4) is 0 Å². The summed E-state index contributed by atoms with van der Waals surface area (Å²) in [6, 6.07) is 21.2. The Morgan fingerprint density at radius 2 is 1.50 bits per heavy atom. The maximum Gasteiger partial charge on any atom is 0.411 e. The van der Waals surface area contributed by atoms with Crippen molar-refractivity contribution in [2.45, 2.75) is 77.5 Å². The number of allylic oxidation sites excluding steroid dienone is 1. The number of amides is 1. The molecule has 1 heterocycles. The second-order valence-corrected chi connectivity index (χ2v) is 16.3. The molecule has 36 heavy (non-hydrogen) atoms. The summed E-state index contributed by atoms with van der Waals surface area (Å²) < 4.78 is 13.0. The topological polar surface area (TPSA) is 38.8 Å². The van der Waals surface area contributed by atoms with Gasteiger partial charge in [-0.3, -0.25) is 4.90 Å². The van der Waals surface area contributed by atoms with Crippen LogP contribution in [-0.2, 0) is 9.16 Å². The molecule has 1 aliphatic heterocycles. The first-order chi connectivity index (χ1) is 17.0. The normalized spacial score (nSPS) is 18.7. The van der Waals surface area contributed by atoms with Gasteiger partial charge < -0.3 is 9.16 Å². The number of hydrogen-bond acceptors (Lipinski definition) is 3. The van der Waals surface area contributed by atoms with Crippen LogP contribution >= 0.6 is 0 Å². The van der Waals surface area contributed by atoms with Crippen LogP contribution in [-0.4, -0.2) is 44.1 Å². The van der Waals surface area contributed by atoms with E-state index >= 15 is 0 Å². The number of carbonyl (C=O) groups excluding carboxylic acids is 1. The third kappa shape index (κ3) is 5.52. The lowest BCUT2D eigenvalue weighted by molar-refractivity contribution is 0.0202. The average molecular weight is 504 g/mol. The van der Waals surface area contributed by atoms with Crippen LogP contribution < -0.4 is 10.4 Å². The molecule has 1 aliphatic carbocycles. The summed E-state index contributed by atoms with van der Waals surface area (Å²) in [5, 5.41) is 2.37. The summed E-state index contributed by atoms with van der Waals surface area (Å²) in [6.45, 7) is 13.6. The van der Waals surface area contributed by atoms with E-state index in [1.54, 1.807) is 0 Å². The van der Waals surface area contributed by atoms with Crippen LogP contribution in [0.5, 0.6) is 0 Å². The highest BCUT2D eigenvalue weighted by Gasteiger charge is 2.51. The molecule has 0 saturated heterocycles. The molecule has 0 spiro atoms. The number of benzene rings is 2. The maximum absolute atomic E-state index is 13.3. The number of nitrogens with zero attached hydrogens (tertiary/aromatic N) is 1. The number of rotatable bonds is 6. The van der Waals surface area contributed by atoms with E-state index in [0.717, 1.165) is 12.8 Å². The monoisotopic (exact) mass is 503 g/mol. The number of carbonyl (C=O) groups is 1. The molecule has 0 fully saturated rings. The summed E-state index contributed by atoms with van der Waals surface area (Å²) in [6.07, 6.45) is 7.67. The molecule has 0 saturated carbocycles. The van der Waals surface area contributed by atoms with Gasteiger partial charge in [0, 0.05) is 6.54 Å². The zero-order valence-electron chi connectivity index (χ0n) is 22.7. The molecule has 4 nitrogen and oxygen atoms in total. The Morgan fingerprint density at radius 1 is 0.917 bits per heavy atom. The minimum Gasteiger partial charge on any atom is -0.444 e. The van der Waals surface area contributed by atoms with Crippen molar-refractivity contribution in [3.05, 3.63) is 84.0 Å². The second kappa shape index (κ2) is 10.4. The van der Waals surface area contributed by atoms with Crippen LogP contribution in [0.4, 0.5) is 4.79 Å². The van der Waals surface area contributed by atoms with Gasteiger partial charge in [0.15, 0.2) is 0 Å².